The van der Waals surface area contributed by atoms with Gasteiger partial charge in [-0.2, -0.15) is 5.10 Å². The Morgan fingerprint density at radius 1 is 1.00 bits per heavy atom. The fraction of sp³-hybridized carbons (Fsp3) is 0. The van der Waals surface area contributed by atoms with Crippen LogP contribution in [-0.2, 0) is 0 Å². The number of halogens is 1. The minimum absolute atomic E-state index is 0.0783. The second kappa shape index (κ2) is 9.44. The van der Waals surface area contributed by atoms with E-state index in [1.54, 1.807) is 30.5 Å². The molecule has 0 bridgehead atoms. The average Bonchev–Trinajstić information content (AvgIpc) is 2.74. The fourth-order valence-electron chi connectivity index (χ4n) is 2.37. The van der Waals surface area contributed by atoms with Gasteiger partial charge >= 0.3 is 0 Å². The van der Waals surface area contributed by atoms with Crippen LogP contribution >= 0.6 is 11.6 Å². The third kappa shape index (κ3) is 5.49. The number of aliphatic imine (C=N–C) groups is 1. The van der Waals surface area contributed by atoms with Crippen molar-refractivity contribution in [2.45, 2.75) is 0 Å². The van der Waals surface area contributed by atoms with Crippen molar-refractivity contribution < 1.29 is 14.8 Å². The molecule has 30 heavy (non-hydrogen) atoms. The van der Waals surface area contributed by atoms with Crippen molar-refractivity contribution in [2.24, 2.45) is 10.1 Å². The van der Waals surface area contributed by atoms with Crippen LogP contribution in [-0.4, -0.2) is 28.4 Å². The van der Waals surface area contributed by atoms with Gasteiger partial charge in [-0.05, 0) is 41.5 Å². The lowest BCUT2D eigenvalue weighted by atomic mass is 10.1. The van der Waals surface area contributed by atoms with Gasteiger partial charge in [0, 0.05) is 23.9 Å². The Labute approximate surface area is 176 Å². The lowest BCUT2D eigenvalue weighted by Crippen LogP contribution is -2.17. The van der Waals surface area contributed by atoms with Crippen LogP contribution in [0.25, 0.3) is 0 Å². The largest absolute Gasteiger partial charge is 0.508 e. The zero-order valence-electron chi connectivity index (χ0n) is 15.4. The van der Waals surface area contributed by atoms with Gasteiger partial charge in [-0.1, -0.05) is 35.9 Å². The molecule has 0 unspecified atom stereocenters. The average molecular weight is 423 g/mol. The van der Waals surface area contributed by atoms with E-state index < -0.39 is 10.8 Å². The van der Waals surface area contributed by atoms with E-state index in [9.17, 15) is 20.0 Å². The normalized spacial score (nSPS) is 11.1. The molecule has 0 aliphatic heterocycles. The van der Waals surface area contributed by atoms with Crippen LogP contribution in [0.2, 0.25) is 5.02 Å². The minimum atomic E-state index is -0.521. The second-order valence-electron chi connectivity index (χ2n) is 6.06. The van der Waals surface area contributed by atoms with Crippen molar-refractivity contribution >= 4 is 41.3 Å². The molecule has 3 aromatic carbocycles. The first-order chi connectivity index (χ1) is 14.4. The van der Waals surface area contributed by atoms with Crippen molar-refractivity contribution in [3.63, 3.8) is 0 Å². The van der Waals surface area contributed by atoms with E-state index in [1.807, 2.05) is 0 Å². The third-order valence-corrected chi connectivity index (χ3v) is 4.24. The highest BCUT2D eigenvalue weighted by atomic mass is 35.5. The summed E-state index contributed by atoms with van der Waals surface area (Å²) in [6.07, 6.45) is 3.08. The summed E-state index contributed by atoms with van der Waals surface area (Å²) in [5.41, 5.74) is 4.65. The van der Waals surface area contributed by atoms with Gasteiger partial charge in [0.25, 0.3) is 11.6 Å². The number of carbonyl (C=O) groups excluding carboxylic acids is 1. The Kier molecular flexibility index (Phi) is 6.51. The Morgan fingerprint density at radius 2 is 1.63 bits per heavy atom. The topological polar surface area (TPSA) is 117 Å². The molecule has 0 aromatic heterocycles. The van der Waals surface area contributed by atoms with Crippen molar-refractivity contribution in [3.05, 3.63) is 98.6 Å². The number of rotatable bonds is 6. The number of nitro benzene ring substituents is 1. The van der Waals surface area contributed by atoms with E-state index in [1.165, 1.54) is 48.7 Å². The molecule has 8 nitrogen and oxygen atoms in total. The van der Waals surface area contributed by atoms with Crippen molar-refractivity contribution in [1.29, 1.82) is 0 Å². The van der Waals surface area contributed by atoms with Crippen LogP contribution in [0, 0.1) is 10.1 Å². The standard InChI is InChI=1S/C21H15ClN4O4/c22-19-11-17(26(29)30)7-10-20(19)23-12-14-1-3-15(4-2-14)13-24-25-21(28)16-5-8-18(27)9-6-16/h1-13,27H,(H,25,28). The molecule has 9 heteroatoms. The molecule has 2 N–H and O–H groups in total. The predicted octanol–water partition coefficient (Wildman–Crippen LogP) is 4.47. The first-order valence-corrected chi connectivity index (χ1v) is 9.01. The SMILES string of the molecule is O=C(NN=Cc1ccc(C=Nc2ccc([N+](=O)[O-])cc2Cl)cc1)c1ccc(O)cc1. The van der Waals surface area contributed by atoms with E-state index in [2.05, 4.69) is 15.5 Å². The number of benzene rings is 3. The van der Waals surface area contributed by atoms with Gasteiger partial charge in [0.1, 0.15) is 5.75 Å². The number of nitro groups is 1. The number of hydrogen-bond donors (Lipinski definition) is 2. The smallest absolute Gasteiger partial charge is 0.271 e. The van der Waals surface area contributed by atoms with E-state index in [4.69, 9.17) is 11.6 Å². The van der Waals surface area contributed by atoms with Crippen LogP contribution in [0.4, 0.5) is 11.4 Å². The summed E-state index contributed by atoms with van der Waals surface area (Å²) < 4.78 is 0. The number of amides is 1. The van der Waals surface area contributed by atoms with Crippen LogP contribution in [0.1, 0.15) is 21.5 Å². The molecule has 150 valence electrons. The van der Waals surface area contributed by atoms with Gasteiger partial charge in [0.15, 0.2) is 0 Å². The van der Waals surface area contributed by atoms with Crippen LogP contribution in [0.15, 0.2) is 76.8 Å². The summed E-state index contributed by atoms with van der Waals surface area (Å²) in [4.78, 5) is 26.4. The summed E-state index contributed by atoms with van der Waals surface area (Å²) in [6, 6.07) is 17.1. The molecule has 0 atom stereocenters. The number of hydrogen-bond acceptors (Lipinski definition) is 6. The summed E-state index contributed by atoms with van der Waals surface area (Å²) in [5.74, 6) is -0.315. The highest BCUT2D eigenvalue weighted by molar-refractivity contribution is 6.33. The molecule has 0 aliphatic carbocycles. The zero-order chi connectivity index (χ0) is 21.5. The van der Waals surface area contributed by atoms with Crippen molar-refractivity contribution in [2.75, 3.05) is 0 Å². The summed E-state index contributed by atoms with van der Waals surface area (Å²) >= 11 is 6.02. The van der Waals surface area contributed by atoms with Crippen LogP contribution < -0.4 is 5.43 Å². The molecule has 1 amide bonds. The van der Waals surface area contributed by atoms with Gasteiger partial charge in [0.05, 0.1) is 21.8 Å². The maximum Gasteiger partial charge on any atom is 0.271 e. The Bertz CT molecular complexity index is 1130. The highest BCUT2D eigenvalue weighted by Crippen LogP contribution is 2.28. The summed E-state index contributed by atoms with van der Waals surface area (Å²) in [7, 11) is 0. The molecule has 0 fully saturated rings. The first kappa shape index (κ1) is 20.7. The Morgan fingerprint density at radius 3 is 2.23 bits per heavy atom. The molecule has 0 radical (unpaired) electrons. The van der Waals surface area contributed by atoms with Crippen molar-refractivity contribution in [3.8, 4) is 5.75 Å². The molecule has 0 saturated carbocycles. The Hall–Kier alpha value is -4.04. The maximum absolute atomic E-state index is 11.9. The molecular weight excluding hydrogens is 408 g/mol. The number of phenolic OH excluding ortho intramolecular Hbond substituents is 1. The van der Waals surface area contributed by atoms with Crippen LogP contribution in [0.5, 0.6) is 5.75 Å². The van der Waals surface area contributed by atoms with Gasteiger partial charge in [0.2, 0.25) is 0 Å². The second-order valence-corrected chi connectivity index (χ2v) is 6.47. The summed E-state index contributed by atoms with van der Waals surface area (Å²) in [6.45, 7) is 0. The number of carbonyl (C=O) groups is 1. The minimum Gasteiger partial charge on any atom is -0.508 e. The molecular formula is C21H15ClN4O4. The zero-order valence-corrected chi connectivity index (χ0v) is 16.2. The molecule has 0 aliphatic rings. The summed E-state index contributed by atoms with van der Waals surface area (Å²) in [5, 5.41) is 24.1. The predicted molar refractivity (Wildman–Crippen MR) is 115 cm³/mol. The van der Waals surface area contributed by atoms with Crippen LogP contribution in [0.3, 0.4) is 0 Å². The molecule has 3 rings (SSSR count). The number of phenols is 1. The van der Waals surface area contributed by atoms with Gasteiger partial charge in [-0.25, -0.2) is 5.43 Å². The van der Waals surface area contributed by atoms with E-state index in [0.29, 0.717) is 11.3 Å². The lowest BCUT2D eigenvalue weighted by Gasteiger charge is -2.00. The monoisotopic (exact) mass is 422 g/mol. The third-order valence-electron chi connectivity index (χ3n) is 3.94. The van der Waals surface area contributed by atoms with E-state index in [-0.39, 0.29) is 16.5 Å². The first-order valence-electron chi connectivity index (χ1n) is 8.63. The number of aromatic hydroxyl groups is 1. The molecule has 0 saturated heterocycles. The fourth-order valence-corrected chi connectivity index (χ4v) is 2.59. The molecule has 0 heterocycles. The number of non-ortho nitro benzene ring substituents is 1. The lowest BCUT2D eigenvalue weighted by molar-refractivity contribution is -0.384. The highest BCUT2D eigenvalue weighted by Gasteiger charge is 2.08. The maximum atomic E-state index is 11.9. The van der Waals surface area contributed by atoms with Gasteiger partial charge < -0.3 is 5.11 Å². The molecule has 0 spiro atoms. The number of nitrogens with one attached hydrogen (secondary N) is 1. The van der Waals surface area contributed by atoms with E-state index >= 15 is 0 Å². The number of hydrazone groups is 1. The van der Waals surface area contributed by atoms with Gasteiger partial charge in [-0.15, -0.1) is 0 Å². The van der Waals surface area contributed by atoms with Crippen molar-refractivity contribution in [1.82, 2.24) is 5.43 Å². The molecule has 3 aromatic rings. The van der Waals surface area contributed by atoms with Gasteiger partial charge in [-0.3, -0.25) is 19.9 Å². The quantitative estimate of drug-likeness (QED) is 0.346. The van der Waals surface area contributed by atoms with E-state index in [0.717, 1.165) is 11.1 Å². The number of nitrogens with zero attached hydrogens (tertiary/aromatic N) is 3. The Balaban J connectivity index is 1.60.